The molecule has 0 aliphatic carbocycles. The SMILES string of the molecule is CNCC1CCN(C(C)c2ccc(C)cc2)C1. The molecule has 1 saturated heterocycles. The highest BCUT2D eigenvalue weighted by Crippen LogP contribution is 2.27. The van der Waals surface area contributed by atoms with Gasteiger partial charge in [0.1, 0.15) is 0 Å². The average molecular weight is 232 g/mol. The van der Waals surface area contributed by atoms with Gasteiger partial charge in [-0.15, -0.1) is 0 Å². The van der Waals surface area contributed by atoms with Crippen LogP contribution >= 0.6 is 0 Å². The lowest BCUT2D eigenvalue weighted by molar-refractivity contribution is 0.252. The van der Waals surface area contributed by atoms with Gasteiger partial charge in [-0.25, -0.2) is 0 Å². The lowest BCUT2D eigenvalue weighted by atomic mass is 10.1. The molecule has 2 heteroatoms. The molecule has 1 fully saturated rings. The number of hydrogen-bond acceptors (Lipinski definition) is 2. The highest BCUT2D eigenvalue weighted by atomic mass is 15.2. The molecule has 1 heterocycles. The minimum absolute atomic E-state index is 0.553. The molecule has 0 bridgehead atoms. The smallest absolute Gasteiger partial charge is 0.0320 e. The maximum absolute atomic E-state index is 3.29. The van der Waals surface area contributed by atoms with E-state index in [1.807, 2.05) is 7.05 Å². The fraction of sp³-hybridized carbons (Fsp3) is 0.600. The summed E-state index contributed by atoms with van der Waals surface area (Å²) in [4.78, 5) is 2.60. The summed E-state index contributed by atoms with van der Waals surface area (Å²) in [5.74, 6) is 0.827. The molecule has 2 nitrogen and oxygen atoms in total. The summed E-state index contributed by atoms with van der Waals surface area (Å²) >= 11 is 0. The Morgan fingerprint density at radius 1 is 1.35 bits per heavy atom. The fourth-order valence-electron chi connectivity index (χ4n) is 2.73. The summed E-state index contributed by atoms with van der Waals surface area (Å²) in [6.45, 7) is 8.09. The Morgan fingerprint density at radius 2 is 2.06 bits per heavy atom. The summed E-state index contributed by atoms with van der Waals surface area (Å²) in [7, 11) is 2.05. The molecular formula is C15H24N2. The lowest BCUT2D eigenvalue weighted by Crippen LogP contribution is -2.27. The van der Waals surface area contributed by atoms with Gasteiger partial charge < -0.3 is 5.32 Å². The first kappa shape index (κ1) is 12.6. The number of rotatable bonds is 4. The van der Waals surface area contributed by atoms with Crippen LogP contribution in [0.4, 0.5) is 0 Å². The molecule has 2 unspecified atom stereocenters. The third kappa shape index (κ3) is 3.08. The van der Waals surface area contributed by atoms with Gasteiger partial charge >= 0.3 is 0 Å². The van der Waals surface area contributed by atoms with E-state index >= 15 is 0 Å². The highest BCUT2D eigenvalue weighted by Gasteiger charge is 2.25. The van der Waals surface area contributed by atoms with Crippen LogP contribution in [0, 0.1) is 12.8 Å². The van der Waals surface area contributed by atoms with Crippen LogP contribution in [0.15, 0.2) is 24.3 Å². The Balaban J connectivity index is 1.96. The molecule has 2 atom stereocenters. The Labute approximate surface area is 105 Å². The van der Waals surface area contributed by atoms with E-state index in [0.717, 1.165) is 12.5 Å². The number of likely N-dealkylation sites (tertiary alicyclic amines) is 1. The van der Waals surface area contributed by atoms with Crippen LogP contribution < -0.4 is 5.32 Å². The van der Waals surface area contributed by atoms with Crippen molar-refractivity contribution in [2.45, 2.75) is 26.3 Å². The zero-order valence-corrected chi connectivity index (χ0v) is 11.2. The maximum Gasteiger partial charge on any atom is 0.0320 e. The van der Waals surface area contributed by atoms with E-state index in [1.165, 1.54) is 30.6 Å². The Morgan fingerprint density at radius 3 is 2.71 bits per heavy atom. The van der Waals surface area contributed by atoms with E-state index in [9.17, 15) is 0 Å². The number of nitrogens with zero attached hydrogens (tertiary/aromatic N) is 1. The Kier molecular flexibility index (Phi) is 4.19. The second kappa shape index (κ2) is 5.65. The number of benzene rings is 1. The second-order valence-corrected chi connectivity index (χ2v) is 5.29. The predicted octanol–water partition coefficient (Wildman–Crippen LogP) is 2.60. The van der Waals surface area contributed by atoms with Crippen molar-refractivity contribution in [3.8, 4) is 0 Å². The van der Waals surface area contributed by atoms with Crippen molar-refractivity contribution in [3.05, 3.63) is 35.4 Å². The summed E-state index contributed by atoms with van der Waals surface area (Å²) < 4.78 is 0. The molecule has 17 heavy (non-hydrogen) atoms. The molecule has 1 N–H and O–H groups in total. The molecule has 2 rings (SSSR count). The molecule has 1 aliphatic rings. The summed E-state index contributed by atoms with van der Waals surface area (Å²) in [6, 6.07) is 9.52. The van der Waals surface area contributed by atoms with E-state index in [1.54, 1.807) is 0 Å². The standard InChI is InChI=1S/C15H24N2/c1-12-4-6-15(7-5-12)13(2)17-9-8-14(11-17)10-16-3/h4-7,13-14,16H,8-11H2,1-3H3. The quantitative estimate of drug-likeness (QED) is 0.858. The summed E-state index contributed by atoms with van der Waals surface area (Å²) in [5, 5.41) is 3.29. The third-order valence-electron chi connectivity index (χ3n) is 3.92. The van der Waals surface area contributed by atoms with Crippen LogP contribution in [0.1, 0.15) is 30.5 Å². The minimum Gasteiger partial charge on any atom is -0.319 e. The van der Waals surface area contributed by atoms with Gasteiger partial charge in [0.25, 0.3) is 0 Å². The third-order valence-corrected chi connectivity index (χ3v) is 3.92. The molecular weight excluding hydrogens is 208 g/mol. The fourth-order valence-corrected chi connectivity index (χ4v) is 2.73. The minimum atomic E-state index is 0.553. The van der Waals surface area contributed by atoms with Crippen molar-refractivity contribution in [2.24, 2.45) is 5.92 Å². The van der Waals surface area contributed by atoms with Gasteiger partial charge in [0, 0.05) is 12.6 Å². The molecule has 0 radical (unpaired) electrons. The highest BCUT2D eigenvalue weighted by molar-refractivity contribution is 5.23. The van der Waals surface area contributed by atoms with Gasteiger partial charge in [0.15, 0.2) is 0 Å². The van der Waals surface area contributed by atoms with E-state index in [0.29, 0.717) is 6.04 Å². The Hall–Kier alpha value is -0.860. The Bertz CT molecular complexity index is 344. The van der Waals surface area contributed by atoms with Crippen molar-refractivity contribution in [1.82, 2.24) is 10.2 Å². The van der Waals surface area contributed by atoms with Crippen LogP contribution in [0.2, 0.25) is 0 Å². The molecule has 94 valence electrons. The zero-order valence-electron chi connectivity index (χ0n) is 11.2. The van der Waals surface area contributed by atoms with Crippen molar-refractivity contribution < 1.29 is 0 Å². The van der Waals surface area contributed by atoms with Gasteiger partial charge in [-0.05, 0) is 51.9 Å². The monoisotopic (exact) mass is 232 g/mol. The van der Waals surface area contributed by atoms with E-state index in [-0.39, 0.29) is 0 Å². The topological polar surface area (TPSA) is 15.3 Å². The maximum atomic E-state index is 3.29. The van der Waals surface area contributed by atoms with Crippen LogP contribution in [0.5, 0.6) is 0 Å². The number of hydrogen-bond donors (Lipinski definition) is 1. The first-order valence-electron chi connectivity index (χ1n) is 6.66. The molecule has 0 amide bonds. The van der Waals surface area contributed by atoms with Gasteiger partial charge in [-0.3, -0.25) is 4.90 Å². The molecule has 1 aliphatic heterocycles. The summed E-state index contributed by atoms with van der Waals surface area (Å²) in [5.41, 5.74) is 2.79. The predicted molar refractivity (Wildman–Crippen MR) is 73.2 cm³/mol. The zero-order chi connectivity index (χ0) is 12.3. The molecule has 0 aromatic heterocycles. The van der Waals surface area contributed by atoms with Crippen LogP contribution in [0.3, 0.4) is 0 Å². The first-order chi connectivity index (χ1) is 8.20. The van der Waals surface area contributed by atoms with Gasteiger partial charge in [0.2, 0.25) is 0 Å². The van der Waals surface area contributed by atoms with Crippen molar-refractivity contribution in [3.63, 3.8) is 0 Å². The lowest BCUT2D eigenvalue weighted by Gasteiger charge is -2.25. The van der Waals surface area contributed by atoms with E-state index in [4.69, 9.17) is 0 Å². The molecule has 0 spiro atoms. The van der Waals surface area contributed by atoms with Crippen LogP contribution in [0.25, 0.3) is 0 Å². The number of aryl methyl sites for hydroxylation is 1. The van der Waals surface area contributed by atoms with Crippen LogP contribution in [-0.4, -0.2) is 31.6 Å². The first-order valence-corrected chi connectivity index (χ1v) is 6.66. The van der Waals surface area contributed by atoms with Crippen molar-refractivity contribution in [1.29, 1.82) is 0 Å². The van der Waals surface area contributed by atoms with Gasteiger partial charge in [-0.2, -0.15) is 0 Å². The normalized spacial score (nSPS) is 22.9. The molecule has 1 aromatic rings. The van der Waals surface area contributed by atoms with E-state index in [2.05, 4.69) is 48.3 Å². The average Bonchev–Trinajstić information content (AvgIpc) is 2.78. The number of nitrogens with one attached hydrogen (secondary N) is 1. The second-order valence-electron chi connectivity index (χ2n) is 5.29. The van der Waals surface area contributed by atoms with E-state index < -0.39 is 0 Å². The molecule has 1 aromatic carbocycles. The van der Waals surface area contributed by atoms with Gasteiger partial charge in [0.05, 0.1) is 0 Å². The van der Waals surface area contributed by atoms with Crippen LogP contribution in [-0.2, 0) is 0 Å². The summed E-state index contributed by atoms with van der Waals surface area (Å²) in [6.07, 6.45) is 1.33. The largest absolute Gasteiger partial charge is 0.319 e. The van der Waals surface area contributed by atoms with Gasteiger partial charge in [-0.1, -0.05) is 29.8 Å². The van der Waals surface area contributed by atoms with Crippen molar-refractivity contribution >= 4 is 0 Å². The van der Waals surface area contributed by atoms with Crippen molar-refractivity contribution in [2.75, 3.05) is 26.7 Å². The molecule has 0 saturated carbocycles.